The van der Waals surface area contributed by atoms with Crippen molar-refractivity contribution in [3.05, 3.63) is 35.0 Å². The van der Waals surface area contributed by atoms with Gasteiger partial charge in [-0.25, -0.2) is 9.97 Å². The molecule has 1 atom stereocenters. The van der Waals surface area contributed by atoms with Crippen molar-refractivity contribution in [3.63, 3.8) is 0 Å². The molecule has 27 heavy (non-hydrogen) atoms. The van der Waals surface area contributed by atoms with Crippen molar-refractivity contribution in [2.24, 2.45) is 5.92 Å². The summed E-state index contributed by atoms with van der Waals surface area (Å²) in [6.45, 7) is 6.22. The van der Waals surface area contributed by atoms with E-state index in [1.54, 1.807) is 11.3 Å². The van der Waals surface area contributed by atoms with Crippen molar-refractivity contribution >= 4 is 39.0 Å². The third kappa shape index (κ3) is 4.20. The summed E-state index contributed by atoms with van der Waals surface area (Å²) < 4.78 is 1.18. The van der Waals surface area contributed by atoms with Gasteiger partial charge in [0.15, 0.2) is 0 Å². The molecule has 0 spiro atoms. The number of benzene rings is 1. The molecule has 0 unspecified atom stereocenters. The predicted molar refractivity (Wildman–Crippen MR) is 111 cm³/mol. The number of nitrogens with zero attached hydrogens (tertiary/aromatic N) is 3. The molecule has 4 rings (SSSR count). The Morgan fingerprint density at radius 2 is 2.00 bits per heavy atom. The van der Waals surface area contributed by atoms with Gasteiger partial charge in [-0.05, 0) is 43.9 Å². The van der Waals surface area contributed by atoms with Crippen LogP contribution >= 0.6 is 11.3 Å². The first kappa shape index (κ1) is 18.1. The maximum absolute atomic E-state index is 9.62. The molecule has 7 heteroatoms. The summed E-state index contributed by atoms with van der Waals surface area (Å²) in [5.74, 6) is 2.14. The molecule has 1 aliphatic rings. The number of fused-ring (bicyclic) bond motifs is 1. The lowest BCUT2D eigenvalue weighted by atomic mass is 10.1. The van der Waals surface area contributed by atoms with Crippen LogP contribution in [0.5, 0.6) is 0 Å². The molecule has 1 saturated carbocycles. The Kier molecular flexibility index (Phi) is 4.97. The molecular weight excluding hydrogens is 358 g/mol. The minimum atomic E-state index is -0.0679. The number of aliphatic hydroxyl groups excluding tert-OH is 1. The van der Waals surface area contributed by atoms with E-state index in [2.05, 4.69) is 57.6 Å². The van der Waals surface area contributed by atoms with Crippen molar-refractivity contribution < 1.29 is 5.11 Å². The molecule has 1 fully saturated rings. The van der Waals surface area contributed by atoms with Gasteiger partial charge in [-0.15, -0.1) is 11.3 Å². The zero-order chi connectivity index (χ0) is 19.0. The van der Waals surface area contributed by atoms with E-state index < -0.39 is 0 Å². The van der Waals surface area contributed by atoms with Crippen LogP contribution < -0.4 is 10.6 Å². The fraction of sp³-hybridized carbons (Fsp3) is 0.450. The number of rotatable bonds is 7. The summed E-state index contributed by atoms with van der Waals surface area (Å²) >= 11 is 1.70. The summed E-state index contributed by atoms with van der Waals surface area (Å²) in [5, 5.41) is 17.4. The number of anilines is 3. The molecule has 0 aliphatic heterocycles. The topological polar surface area (TPSA) is 83.0 Å². The monoisotopic (exact) mass is 383 g/mol. The van der Waals surface area contributed by atoms with Gasteiger partial charge < -0.3 is 15.7 Å². The van der Waals surface area contributed by atoms with Crippen LogP contribution in [0.3, 0.4) is 0 Å². The third-order valence-electron chi connectivity index (χ3n) is 4.82. The van der Waals surface area contributed by atoms with Crippen molar-refractivity contribution in [2.45, 2.75) is 45.6 Å². The van der Waals surface area contributed by atoms with E-state index in [1.807, 2.05) is 13.0 Å². The summed E-state index contributed by atoms with van der Waals surface area (Å²) in [6.07, 6.45) is 2.35. The maximum Gasteiger partial charge on any atom is 0.225 e. The van der Waals surface area contributed by atoms with Crippen LogP contribution in [0.15, 0.2) is 24.3 Å². The number of nitrogens with one attached hydrogen (secondary N) is 2. The molecule has 3 N–H and O–H groups in total. The third-order valence-corrected chi connectivity index (χ3v) is 5.78. The van der Waals surface area contributed by atoms with E-state index in [-0.39, 0.29) is 18.6 Å². The molecule has 2 aromatic heterocycles. The molecule has 0 bridgehead atoms. The molecule has 0 amide bonds. The Morgan fingerprint density at radius 3 is 2.70 bits per heavy atom. The van der Waals surface area contributed by atoms with Gasteiger partial charge in [0.2, 0.25) is 5.95 Å². The van der Waals surface area contributed by atoms with E-state index in [0.717, 1.165) is 27.7 Å². The first-order chi connectivity index (χ1) is 13.0. The lowest BCUT2D eigenvalue weighted by molar-refractivity contribution is 0.248. The van der Waals surface area contributed by atoms with E-state index in [4.69, 9.17) is 0 Å². The van der Waals surface area contributed by atoms with E-state index in [9.17, 15) is 5.11 Å². The second kappa shape index (κ2) is 7.40. The fourth-order valence-corrected chi connectivity index (χ4v) is 3.85. The van der Waals surface area contributed by atoms with Crippen molar-refractivity contribution in [2.75, 3.05) is 17.2 Å². The summed E-state index contributed by atoms with van der Waals surface area (Å²) in [6, 6.07) is 8.15. The molecule has 1 aliphatic carbocycles. The summed E-state index contributed by atoms with van der Waals surface area (Å²) in [7, 11) is 0. The zero-order valence-corrected chi connectivity index (χ0v) is 16.7. The van der Waals surface area contributed by atoms with Crippen LogP contribution in [0.4, 0.5) is 17.5 Å². The van der Waals surface area contributed by atoms with Crippen LogP contribution in [0.2, 0.25) is 0 Å². The predicted octanol–water partition coefficient (Wildman–Crippen LogP) is 4.44. The Bertz CT molecular complexity index is 951. The van der Waals surface area contributed by atoms with Gasteiger partial charge >= 0.3 is 0 Å². The fourth-order valence-electron chi connectivity index (χ4n) is 3.04. The highest BCUT2D eigenvalue weighted by Gasteiger charge is 2.26. The normalized spacial score (nSPS) is 15.3. The number of aryl methyl sites for hydroxylation is 1. The maximum atomic E-state index is 9.62. The van der Waals surface area contributed by atoms with Crippen molar-refractivity contribution in [3.8, 4) is 0 Å². The van der Waals surface area contributed by atoms with Crippen molar-refractivity contribution in [1.29, 1.82) is 0 Å². The Balaban J connectivity index is 1.62. The van der Waals surface area contributed by atoms with Crippen LogP contribution in [-0.4, -0.2) is 32.7 Å². The first-order valence-corrected chi connectivity index (χ1v) is 10.2. The Labute approximate surface area is 163 Å². The number of aromatic nitrogens is 3. The summed E-state index contributed by atoms with van der Waals surface area (Å²) in [4.78, 5) is 13.9. The molecular formula is C20H25N5OS. The van der Waals surface area contributed by atoms with Gasteiger partial charge in [-0.1, -0.05) is 13.8 Å². The summed E-state index contributed by atoms with van der Waals surface area (Å²) in [5.41, 5.74) is 3.01. The lowest BCUT2D eigenvalue weighted by Crippen LogP contribution is -2.30. The lowest BCUT2D eigenvalue weighted by Gasteiger charge is -2.20. The van der Waals surface area contributed by atoms with Gasteiger partial charge in [-0.3, -0.25) is 0 Å². The minimum absolute atomic E-state index is 0.0529. The van der Waals surface area contributed by atoms with E-state index in [1.165, 1.54) is 17.5 Å². The second-order valence-corrected chi connectivity index (χ2v) is 8.73. The minimum Gasteiger partial charge on any atom is -0.394 e. The average molecular weight is 384 g/mol. The molecule has 0 saturated heterocycles. The number of hydrogen-bond donors (Lipinski definition) is 3. The average Bonchev–Trinajstić information content (AvgIpc) is 3.41. The SMILES string of the molecule is Cc1nc2cc(Nc3cc(C4CC4)nc(N[C@@H](CO)C(C)C)n3)ccc2s1. The van der Waals surface area contributed by atoms with Crippen LogP contribution in [0, 0.1) is 12.8 Å². The molecule has 6 nitrogen and oxygen atoms in total. The van der Waals surface area contributed by atoms with Gasteiger partial charge in [0, 0.05) is 17.7 Å². The van der Waals surface area contributed by atoms with Crippen LogP contribution in [-0.2, 0) is 0 Å². The van der Waals surface area contributed by atoms with E-state index in [0.29, 0.717) is 11.9 Å². The quantitative estimate of drug-likeness (QED) is 0.559. The number of aliphatic hydroxyl groups is 1. The number of hydrogen-bond acceptors (Lipinski definition) is 7. The molecule has 3 aromatic rings. The van der Waals surface area contributed by atoms with Crippen LogP contribution in [0.1, 0.15) is 43.3 Å². The molecule has 0 radical (unpaired) electrons. The van der Waals surface area contributed by atoms with Gasteiger partial charge in [0.25, 0.3) is 0 Å². The van der Waals surface area contributed by atoms with Gasteiger partial charge in [0.1, 0.15) is 5.82 Å². The first-order valence-electron chi connectivity index (χ1n) is 9.42. The Morgan fingerprint density at radius 1 is 1.19 bits per heavy atom. The molecule has 142 valence electrons. The molecule has 1 aromatic carbocycles. The largest absolute Gasteiger partial charge is 0.394 e. The van der Waals surface area contributed by atoms with Crippen LogP contribution in [0.25, 0.3) is 10.2 Å². The van der Waals surface area contributed by atoms with Gasteiger partial charge in [0.05, 0.1) is 33.6 Å². The number of thiazole rings is 1. The standard InChI is InChI=1S/C20H25N5OS/c1-11(2)17(10-26)24-20-23-15(13-4-5-13)9-19(25-20)22-14-6-7-18-16(8-14)21-12(3)27-18/h6-9,11,13,17,26H,4-5,10H2,1-3H3,(H2,22,23,24,25)/t17-/m0/s1. The highest BCUT2D eigenvalue weighted by molar-refractivity contribution is 7.18. The zero-order valence-electron chi connectivity index (χ0n) is 15.9. The van der Waals surface area contributed by atoms with E-state index >= 15 is 0 Å². The second-order valence-electron chi connectivity index (χ2n) is 7.49. The van der Waals surface area contributed by atoms with Crippen molar-refractivity contribution in [1.82, 2.24) is 15.0 Å². The highest BCUT2D eigenvalue weighted by atomic mass is 32.1. The van der Waals surface area contributed by atoms with Gasteiger partial charge in [-0.2, -0.15) is 4.98 Å². The Hall–Kier alpha value is -2.25. The highest BCUT2D eigenvalue weighted by Crippen LogP contribution is 2.40. The smallest absolute Gasteiger partial charge is 0.225 e. The molecule has 2 heterocycles.